The number of piperazine rings is 1. The molecule has 0 N–H and O–H groups in total. The van der Waals surface area contributed by atoms with Gasteiger partial charge in [0.25, 0.3) is 0 Å². The Balaban J connectivity index is 2.57. The summed E-state index contributed by atoms with van der Waals surface area (Å²) < 4.78 is 0. The van der Waals surface area contributed by atoms with Crippen LogP contribution in [-0.4, -0.2) is 47.8 Å². The zero-order chi connectivity index (χ0) is 14.1. The highest BCUT2D eigenvalue weighted by Crippen LogP contribution is 2.21. The Labute approximate surface area is 110 Å². The van der Waals surface area contributed by atoms with Crippen LogP contribution in [-0.2, 0) is 9.59 Å². The molecular weight excluding hydrogens is 228 g/mol. The summed E-state index contributed by atoms with van der Waals surface area (Å²) in [4.78, 5) is 28.0. The molecule has 0 saturated carbocycles. The number of carbonyl (C=O) groups excluding carboxylic acids is 2. The lowest BCUT2D eigenvalue weighted by atomic mass is 9.93. The molecule has 0 aromatic carbocycles. The molecule has 0 bridgehead atoms. The maximum Gasteiger partial charge on any atom is 0.228 e. The van der Waals surface area contributed by atoms with Gasteiger partial charge in [0.05, 0.1) is 0 Å². The Morgan fingerprint density at radius 1 is 0.667 bits per heavy atom. The van der Waals surface area contributed by atoms with Crippen molar-refractivity contribution in [1.29, 1.82) is 0 Å². The fourth-order valence-electron chi connectivity index (χ4n) is 2.06. The molecule has 1 fully saturated rings. The van der Waals surface area contributed by atoms with Crippen LogP contribution in [0.1, 0.15) is 41.5 Å². The summed E-state index contributed by atoms with van der Waals surface area (Å²) in [7, 11) is 0. The molecule has 0 aromatic heterocycles. The van der Waals surface area contributed by atoms with Gasteiger partial charge in [-0.05, 0) is 0 Å². The maximum atomic E-state index is 12.1. The SMILES string of the molecule is CC(C)(C)C(=O)N1CCN(C(=O)C(C)(C)C)CC1. The van der Waals surface area contributed by atoms with E-state index < -0.39 is 0 Å². The third-order valence-electron chi connectivity index (χ3n) is 3.14. The lowest BCUT2D eigenvalue weighted by Gasteiger charge is -2.39. The quantitative estimate of drug-likeness (QED) is 0.661. The van der Waals surface area contributed by atoms with Gasteiger partial charge in [-0.1, -0.05) is 41.5 Å². The van der Waals surface area contributed by atoms with Crippen LogP contribution in [0.5, 0.6) is 0 Å². The number of rotatable bonds is 0. The molecule has 1 aliphatic rings. The first-order valence-electron chi connectivity index (χ1n) is 6.62. The molecule has 1 aliphatic heterocycles. The van der Waals surface area contributed by atoms with Gasteiger partial charge in [-0.3, -0.25) is 9.59 Å². The van der Waals surface area contributed by atoms with Crippen LogP contribution in [0, 0.1) is 10.8 Å². The van der Waals surface area contributed by atoms with Crippen molar-refractivity contribution in [1.82, 2.24) is 9.80 Å². The van der Waals surface area contributed by atoms with E-state index in [1.54, 1.807) is 0 Å². The van der Waals surface area contributed by atoms with Gasteiger partial charge in [-0.25, -0.2) is 0 Å². The highest BCUT2D eigenvalue weighted by Gasteiger charge is 2.33. The van der Waals surface area contributed by atoms with Gasteiger partial charge >= 0.3 is 0 Å². The molecule has 1 heterocycles. The minimum Gasteiger partial charge on any atom is -0.339 e. The van der Waals surface area contributed by atoms with Crippen LogP contribution < -0.4 is 0 Å². The number of carbonyl (C=O) groups is 2. The molecule has 1 saturated heterocycles. The van der Waals surface area contributed by atoms with Gasteiger partial charge in [-0.15, -0.1) is 0 Å². The third-order valence-corrected chi connectivity index (χ3v) is 3.14. The standard InChI is InChI=1S/C14H26N2O2/c1-13(2,3)11(17)15-7-9-16(10-8-15)12(18)14(4,5)6/h7-10H2,1-6H3. The van der Waals surface area contributed by atoms with Crippen LogP contribution in [0.25, 0.3) is 0 Å². The van der Waals surface area contributed by atoms with Crippen LogP contribution in [0.2, 0.25) is 0 Å². The Hall–Kier alpha value is -1.06. The van der Waals surface area contributed by atoms with Gasteiger partial charge in [0, 0.05) is 37.0 Å². The molecule has 104 valence electrons. The molecule has 0 aliphatic carbocycles. The molecule has 2 amide bonds. The van der Waals surface area contributed by atoms with Gasteiger partial charge in [0.15, 0.2) is 0 Å². The summed E-state index contributed by atoms with van der Waals surface area (Å²) in [6.45, 7) is 14.2. The fourth-order valence-corrected chi connectivity index (χ4v) is 2.06. The minimum absolute atomic E-state index is 0.172. The van der Waals surface area contributed by atoms with Crippen molar-refractivity contribution in [3.63, 3.8) is 0 Å². The second-order valence-corrected chi connectivity index (χ2v) is 7.08. The first kappa shape index (κ1) is 15.0. The van der Waals surface area contributed by atoms with Crippen LogP contribution in [0.4, 0.5) is 0 Å². The van der Waals surface area contributed by atoms with Crippen molar-refractivity contribution in [3.8, 4) is 0 Å². The Morgan fingerprint density at radius 2 is 0.889 bits per heavy atom. The summed E-state index contributed by atoms with van der Waals surface area (Å²) in [5, 5.41) is 0. The maximum absolute atomic E-state index is 12.1. The zero-order valence-corrected chi connectivity index (χ0v) is 12.5. The summed E-state index contributed by atoms with van der Waals surface area (Å²) in [6.07, 6.45) is 0. The molecule has 0 unspecified atom stereocenters. The summed E-state index contributed by atoms with van der Waals surface area (Å²) in [5.41, 5.74) is -0.674. The van der Waals surface area contributed by atoms with Gasteiger partial charge in [0.1, 0.15) is 0 Å². The molecule has 0 spiro atoms. The normalized spacial score (nSPS) is 17.9. The number of hydrogen-bond acceptors (Lipinski definition) is 2. The van der Waals surface area contributed by atoms with E-state index in [0.717, 1.165) is 0 Å². The first-order valence-corrected chi connectivity index (χ1v) is 6.62. The lowest BCUT2D eigenvalue weighted by Crippen LogP contribution is -2.54. The van der Waals surface area contributed by atoms with E-state index in [1.807, 2.05) is 51.3 Å². The number of amides is 2. The van der Waals surface area contributed by atoms with E-state index in [2.05, 4.69) is 0 Å². The highest BCUT2D eigenvalue weighted by atomic mass is 16.2. The second-order valence-electron chi connectivity index (χ2n) is 7.08. The summed E-state index contributed by atoms with van der Waals surface area (Å²) in [6, 6.07) is 0. The van der Waals surface area contributed by atoms with E-state index in [-0.39, 0.29) is 22.6 Å². The smallest absolute Gasteiger partial charge is 0.228 e. The fraction of sp³-hybridized carbons (Fsp3) is 0.857. The largest absolute Gasteiger partial charge is 0.339 e. The van der Waals surface area contributed by atoms with Crippen LogP contribution in [0.15, 0.2) is 0 Å². The molecule has 0 radical (unpaired) electrons. The van der Waals surface area contributed by atoms with Crippen molar-refractivity contribution in [3.05, 3.63) is 0 Å². The van der Waals surface area contributed by atoms with Crippen LogP contribution in [0.3, 0.4) is 0 Å². The van der Waals surface area contributed by atoms with E-state index in [4.69, 9.17) is 0 Å². The average Bonchev–Trinajstić information content (AvgIpc) is 2.25. The van der Waals surface area contributed by atoms with E-state index in [1.165, 1.54) is 0 Å². The number of hydrogen-bond donors (Lipinski definition) is 0. The Bertz CT molecular complexity index is 295. The van der Waals surface area contributed by atoms with Gasteiger partial charge in [0.2, 0.25) is 11.8 Å². The van der Waals surface area contributed by atoms with Crippen molar-refractivity contribution in [2.24, 2.45) is 10.8 Å². The zero-order valence-electron chi connectivity index (χ0n) is 12.5. The highest BCUT2D eigenvalue weighted by molar-refractivity contribution is 5.83. The van der Waals surface area contributed by atoms with E-state index in [0.29, 0.717) is 26.2 Å². The first-order chi connectivity index (χ1) is 8.03. The molecule has 1 rings (SSSR count). The van der Waals surface area contributed by atoms with Gasteiger partial charge in [-0.2, -0.15) is 0 Å². The van der Waals surface area contributed by atoms with Crippen molar-refractivity contribution in [2.45, 2.75) is 41.5 Å². The second kappa shape index (κ2) is 4.90. The lowest BCUT2D eigenvalue weighted by molar-refractivity contribution is -0.148. The molecule has 4 heteroatoms. The van der Waals surface area contributed by atoms with Crippen molar-refractivity contribution >= 4 is 11.8 Å². The Morgan fingerprint density at radius 3 is 1.06 bits per heavy atom. The predicted molar refractivity (Wildman–Crippen MR) is 72.1 cm³/mol. The van der Waals surface area contributed by atoms with Crippen LogP contribution >= 0.6 is 0 Å². The monoisotopic (exact) mass is 254 g/mol. The third kappa shape index (κ3) is 3.47. The molecule has 0 aromatic rings. The molecule has 4 nitrogen and oxygen atoms in total. The topological polar surface area (TPSA) is 40.6 Å². The number of nitrogens with zero attached hydrogens (tertiary/aromatic N) is 2. The predicted octanol–water partition coefficient (Wildman–Crippen LogP) is 1.75. The summed E-state index contributed by atoms with van der Waals surface area (Å²) in [5.74, 6) is 0.343. The molecule has 0 atom stereocenters. The van der Waals surface area contributed by atoms with Crippen molar-refractivity contribution in [2.75, 3.05) is 26.2 Å². The Kier molecular flexibility index (Phi) is 4.08. The van der Waals surface area contributed by atoms with Crippen molar-refractivity contribution < 1.29 is 9.59 Å². The van der Waals surface area contributed by atoms with E-state index >= 15 is 0 Å². The summed E-state index contributed by atoms with van der Waals surface area (Å²) >= 11 is 0. The minimum atomic E-state index is -0.337. The van der Waals surface area contributed by atoms with Gasteiger partial charge < -0.3 is 9.80 Å². The molecule has 18 heavy (non-hydrogen) atoms. The van der Waals surface area contributed by atoms with E-state index in [9.17, 15) is 9.59 Å². The average molecular weight is 254 g/mol. The molecular formula is C14H26N2O2.